The SMILES string of the molecule is Cc1nccc(Nc2sc(-c3ccc(C(C)(C)O)cc3F)cc2C(N)=O)n1. The second-order valence-corrected chi connectivity index (χ2v) is 7.64. The molecule has 1 amide bonds. The van der Waals surface area contributed by atoms with Gasteiger partial charge in [-0.1, -0.05) is 12.1 Å². The topological polar surface area (TPSA) is 101 Å². The van der Waals surface area contributed by atoms with Crippen molar-refractivity contribution < 1.29 is 14.3 Å². The minimum Gasteiger partial charge on any atom is -0.386 e. The van der Waals surface area contributed by atoms with Crippen LogP contribution in [0.2, 0.25) is 0 Å². The quantitative estimate of drug-likeness (QED) is 0.620. The van der Waals surface area contributed by atoms with E-state index in [1.165, 1.54) is 17.4 Å². The molecule has 4 N–H and O–H groups in total. The number of anilines is 2. The molecule has 8 heteroatoms. The first-order valence-corrected chi connectivity index (χ1v) is 9.00. The first kappa shape index (κ1) is 18.9. The molecule has 3 aromatic rings. The van der Waals surface area contributed by atoms with Gasteiger partial charge in [0.2, 0.25) is 0 Å². The summed E-state index contributed by atoms with van der Waals surface area (Å²) < 4.78 is 14.6. The molecule has 0 unspecified atom stereocenters. The molecule has 0 atom stereocenters. The Balaban J connectivity index is 2.01. The summed E-state index contributed by atoms with van der Waals surface area (Å²) in [7, 11) is 0. The summed E-state index contributed by atoms with van der Waals surface area (Å²) in [6.45, 7) is 4.92. The Hall–Kier alpha value is -2.84. The van der Waals surface area contributed by atoms with Crippen molar-refractivity contribution in [3.63, 3.8) is 0 Å². The molecule has 0 spiro atoms. The summed E-state index contributed by atoms with van der Waals surface area (Å²) in [5, 5.41) is 13.6. The van der Waals surface area contributed by atoms with Crippen LogP contribution in [-0.2, 0) is 5.60 Å². The Morgan fingerprint density at radius 3 is 2.63 bits per heavy atom. The molecule has 140 valence electrons. The average Bonchev–Trinajstić information content (AvgIpc) is 2.97. The van der Waals surface area contributed by atoms with Crippen molar-refractivity contribution >= 4 is 28.1 Å². The van der Waals surface area contributed by atoms with E-state index >= 15 is 0 Å². The van der Waals surface area contributed by atoms with Crippen molar-refractivity contribution in [1.29, 1.82) is 0 Å². The van der Waals surface area contributed by atoms with Gasteiger partial charge in [-0.15, -0.1) is 11.3 Å². The summed E-state index contributed by atoms with van der Waals surface area (Å²) in [6, 6.07) is 7.74. The Labute approximate surface area is 159 Å². The molecule has 0 saturated carbocycles. The maximum atomic E-state index is 14.6. The Morgan fingerprint density at radius 1 is 1.30 bits per heavy atom. The summed E-state index contributed by atoms with van der Waals surface area (Å²) in [5.74, 6) is -0.0301. The van der Waals surface area contributed by atoms with Crippen molar-refractivity contribution in [1.82, 2.24) is 9.97 Å². The van der Waals surface area contributed by atoms with Crippen LogP contribution in [0.5, 0.6) is 0 Å². The molecular formula is C19H19FN4O2S. The number of hydrogen-bond acceptors (Lipinski definition) is 6. The average molecular weight is 386 g/mol. The Bertz CT molecular complexity index is 1010. The van der Waals surface area contributed by atoms with E-state index in [1.807, 2.05) is 0 Å². The van der Waals surface area contributed by atoms with Crippen molar-refractivity contribution in [2.75, 3.05) is 5.32 Å². The smallest absolute Gasteiger partial charge is 0.251 e. The molecule has 3 rings (SSSR count). The predicted molar refractivity (Wildman–Crippen MR) is 104 cm³/mol. The molecule has 0 aliphatic rings. The van der Waals surface area contributed by atoms with Gasteiger partial charge < -0.3 is 16.2 Å². The highest BCUT2D eigenvalue weighted by Gasteiger charge is 2.21. The fourth-order valence-electron chi connectivity index (χ4n) is 2.54. The highest BCUT2D eigenvalue weighted by molar-refractivity contribution is 7.19. The van der Waals surface area contributed by atoms with Gasteiger partial charge in [-0.3, -0.25) is 4.79 Å². The number of carbonyl (C=O) groups is 1. The van der Waals surface area contributed by atoms with E-state index in [4.69, 9.17) is 5.73 Å². The maximum absolute atomic E-state index is 14.6. The van der Waals surface area contributed by atoms with Crippen LogP contribution >= 0.6 is 11.3 Å². The lowest BCUT2D eigenvalue weighted by Crippen LogP contribution is -2.15. The zero-order chi connectivity index (χ0) is 19.8. The number of benzene rings is 1. The van der Waals surface area contributed by atoms with Crippen LogP contribution in [0.4, 0.5) is 15.2 Å². The van der Waals surface area contributed by atoms with E-state index in [9.17, 15) is 14.3 Å². The third-order valence-electron chi connectivity index (χ3n) is 3.96. The van der Waals surface area contributed by atoms with Gasteiger partial charge in [0.05, 0.1) is 11.2 Å². The van der Waals surface area contributed by atoms with Gasteiger partial charge in [0.15, 0.2) is 0 Å². The molecular weight excluding hydrogens is 367 g/mol. The first-order valence-electron chi connectivity index (χ1n) is 8.18. The number of nitrogens with zero attached hydrogens (tertiary/aromatic N) is 2. The van der Waals surface area contributed by atoms with Gasteiger partial charge in [-0.25, -0.2) is 14.4 Å². The van der Waals surface area contributed by atoms with Crippen LogP contribution in [0.25, 0.3) is 10.4 Å². The molecule has 2 heterocycles. The van der Waals surface area contributed by atoms with E-state index in [1.54, 1.807) is 51.2 Å². The van der Waals surface area contributed by atoms with Crippen LogP contribution in [0.3, 0.4) is 0 Å². The molecule has 0 aliphatic heterocycles. The van der Waals surface area contributed by atoms with Crippen LogP contribution in [-0.4, -0.2) is 21.0 Å². The lowest BCUT2D eigenvalue weighted by Gasteiger charge is -2.18. The normalized spacial score (nSPS) is 11.4. The summed E-state index contributed by atoms with van der Waals surface area (Å²) in [4.78, 5) is 20.6. The van der Waals surface area contributed by atoms with Crippen molar-refractivity contribution in [3.8, 4) is 10.4 Å². The maximum Gasteiger partial charge on any atom is 0.251 e. The van der Waals surface area contributed by atoms with E-state index in [0.717, 1.165) is 0 Å². The van der Waals surface area contributed by atoms with Crippen LogP contribution < -0.4 is 11.1 Å². The van der Waals surface area contributed by atoms with E-state index in [-0.39, 0.29) is 5.56 Å². The molecule has 1 aromatic carbocycles. The Morgan fingerprint density at radius 2 is 2.04 bits per heavy atom. The first-order chi connectivity index (χ1) is 12.6. The number of carbonyl (C=O) groups excluding carboxylic acids is 1. The molecule has 0 saturated heterocycles. The van der Waals surface area contributed by atoms with Gasteiger partial charge in [-0.05, 0) is 44.5 Å². The lowest BCUT2D eigenvalue weighted by atomic mass is 9.96. The summed E-state index contributed by atoms with van der Waals surface area (Å²) >= 11 is 1.19. The number of halogens is 1. The van der Waals surface area contributed by atoms with Crippen LogP contribution in [0.1, 0.15) is 35.6 Å². The molecule has 0 aliphatic carbocycles. The minimum absolute atomic E-state index is 0.247. The largest absolute Gasteiger partial charge is 0.386 e. The number of aliphatic hydroxyl groups is 1. The molecule has 0 fully saturated rings. The monoisotopic (exact) mass is 386 g/mol. The van der Waals surface area contributed by atoms with Crippen molar-refractivity contribution in [3.05, 3.63) is 59.3 Å². The second kappa shape index (κ2) is 7.05. The standard InChI is InChI=1S/C19H19FN4O2S/c1-10-22-7-6-16(23-10)24-18-13(17(21)25)9-15(27-18)12-5-4-11(8-14(12)20)19(2,3)26/h4-9,26H,1-3H3,(H2,21,25)(H,22,23,24). The number of aryl methyl sites for hydroxylation is 1. The number of aromatic nitrogens is 2. The molecule has 0 bridgehead atoms. The number of amides is 1. The highest BCUT2D eigenvalue weighted by Crippen LogP contribution is 2.38. The molecule has 27 heavy (non-hydrogen) atoms. The molecule has 0 radical (unpaired) electrons. The number of primary amides is 1. The van der Waals surface area contributed by atoms with Crippen LogP contribution in [0.15, 0.2) is 36.5 Å². The fraction of sp³-hybridized carbons (Fsp3) is 0.211. The van der Waals surface area contributed by atoms with Gasteiger partial charge in [0.1, 0.15) is 22.5 Å². The van der Waals surface area contributed by atoms with Crippen molar-refractivity contribution in [2.45, 2.75) is 26.4 Å². The summed E-state index contributed by atoms with van der Waals surface area (Å²) in [6.07, 6.45) is 1.60. The number of thiophene rings is 1. The number of rotatable bonds is 5. The Kier molecular flexibility index (Phi) is 4.95. The second-order valence-electron chi connectivity index (χ2n) is 6.59. The zero-order valence-electron chi connectivity index (χ0n) is 15.1. The van der Waals surface area contributed by atoms with Gasteiger partial charge in [0.25, 0.3) is 5.91 Å². The number of hydrogen-bond donors (Lipinski definition) is 3. The van der Waals surface area contributed by atoms with Gasteiger partial charge in [0, 0.05) is 16.6 Å². The van der Waals surface area contributed by atoms with E-state index < -0.39 is 17.3 Å². The molecule has 6 nitrogen and oxygen atoms in total. The van der Waals surface area contributed by atoms with Gasteiger partial charge in [-0.2, -0.15) is 0 Å². The van der Waals surface area contributed by atoms with Crippen LogP contribution in [0, 0.1) is 12.7 Å². The third kappa shape index (κ3) is 4.12. The van der Waals surface area contributed by atoms with E-state index in [0.29, 0.717) is 32.6 Å². The zero-order valence-corrected chi connectivity index (χ0v) is 15.9. The number of nitrogens with one attached hydrogen (secondary N) is 1. The minimum atomic E-state index is -1.15. The third-order valence-corrected chi connectivity index (χ3v) is 5.04. The summed E-state index contributed by atoms with van der Waals surface area (Å²) in [5.41, 5.74) is 5.36. The highest BCUT2D eigenvalue weighted by atomic mass is 32.1. The lowest BCUT2D eigenvalue weighted by molar-refractivity contribution is 0.0782. The van der Waals surface area contributed by atoms with Gasteiger partial charge >= 0.3 is 0 Å². The predicted octanol–water partition coefficient (Wildman–Crippen LogP) is 3.72. The number of nitrogens with two attached hydrogens (primary N) is 1. The van der Waals surface area contributed by atoms with E-state index in [2.05, 4.69) is 15.3 Å². The molecule has 2 aromatic heterocycles. The fourth-order valence-corrected chi connectivity index (χ4v) is 3.63. The van der Waals surface area contributed by atoms with Crippen molar-refractivity contribution in [2.24, 2.45) is 5.73 Å².